The van der Waals surface area contributed by atoms with E-state index in [0.29, 0.717) is 10.2 Å². The van der Waals surface area contributed by atoms with Crippen LogP contribution in [0.2, 0.25) is 0 Å². The Bertz CT molecular complexity index is 569. The summed E-state index contributed by atoms with van der Waals surface area (Å²) in [6.07, 6.45) is -4.66. The molecule has 0 radical (unpaired) electrons. The van der Waals surface area contributed by atoms with Gasteiger partial charge in [-0.25, -0.2) is 4.98 Å². The number of nitrogens with zero attached hydrogens (tertiary/aromatic N) is 1. The first kappa shape index (κ1) is 13.1. The van der Waals surface area contributed by atoms with Crippen LogP contribution in [0.5, 0.6) is 5.75 Å². The Morgan fingerprint density at radius 3 is 2.39 bits per heavy atom. The molecule has 1 aromatic heterocycles. The second-order valence-electron chi connectivity index (χ2n) is 4.95. The van der Waals surface area contributed by atoms with Crippen LogP contribution in [0.4, 0.5) is 13.2 Å². The van der Waals surface area contributed by atoms with E-state index in [1.54, 1.807) is 6.07 Å². The summed E-state index contributed by atoms with van der Waals surface area (Å²) in [4.78, 5) is 4.40. The highest BCUT2D eigenvalue weighted by Crippen LogP contribution is 2.34. The van der Waals surface area contributed by atoms with E-state index in [9.17, 15) is 13.2 Å². The van der Waals surface area contributed by atoms with E-state index < -0.39 is 6.36 Å². The number of ether oxygens (including phenoxy) is 1. The summed E-state index contributed by atoms with van der Waals surface area (Å²) in [5, 5.41) is 0.890. The zero-order chi connectivity index (χ0) is 13.6. The number of alkyl halides is 3. The van der Waals surface area contributed by atoms with E-state index in [1.807, 2.05) is 20.8 Å². The molecule has 0 atom stereocenters. The Morgan fingerprint density at radius 1 is 1.17 bits per heavy atom. The molecule has 18 heavy (non-hydrogen) atoms. The lowest BCUT2D eigenvalue weighted by atomic mass is 9.98. The van der Waals surface area contributed by atoms with E-state index >= 15 is 0 Å². The number of halogens is 3. The number of benzene rings is 1. The fourth-order valence-electron chi connectivity index (χ4n) is 1.42. The molecule has 0 amide bonds. The first-order chi connectivity index (χ1) is 8.15. The van der Waals surface area contributed by atoms with Crippen molar-refractivity contribution in [2.24, 2.45) is 0 Å². The molecule has 0 aliphatic carbocycles. The summed E-state index contributed by atoms with van der Waals surface area (Å²) in [7, 11) is 0. The van der Waals surface area contributed by atoms with Crippen molar-refractivity contribution < 1.29 is 17.9 Å². The Hall–Kier alpha value is -1.30. The zero-order valence-electron chi connectivity index (χ0n) is 10.1. The highest BCUT2D eigenvalue weighted by Gasteiger charge is 2.31. The minimum Gasteiger partial charge on any atom is -0.406 e. The molecule has 0 saturated heterocycles. The van der Waals surface area contributed by atoms with Gasteiger partial charge in [0.25, 0.3) is 0 Å². The Labute approximate surface area is 106 Å². The van der Waals surface area contributed by atoms with Crippen LogP contribution in [0.3, 0.4) is 0 Å². The first-order valence-electron chi connectivity index (χ1n) is 5.32. The predicted molar refractivity (Wildman–Crippen MR) is 65.0 cm³/mol. The van der Waals surface area contributed by atoms with Gasteiger partial charge in [0.15, 0.2) is 0 Å². The Morgan fingerprint density at radius 2 is 1.83 bits per heavy atom. The van der Waals surface area contributed by atoms with Crippen molar-refractivity contribution in [1.29, 1.82) is 0 Å². The lowest BCUT2D eigenvalue weighted by Gasteiger charge is -2.13. The van der Waals surface area contributed by atoms with Gasteiger partial charge in [0.05, 0.1) is 15.2 Å². The Balaban J connectivity index is 2.40. The highest BCUT2D eigenvalue weighted by atomic mass is 32.1. The molecule has 0 aliphatic rings. The van der Waals surface area contributed by atoms with Crippen LogP contribution in [0.25, 0.3) is 10.2 Å². The molecule has 1 heterocycles. The van der Waals surface area contributed by atoms with Crippen LogP contribution in [0, 0.1) is 0 Å². The lowest BCUT2D eigenvalue weighted by Crippen LogP contribution is -2.16. The summed E-state index contributed by atoms with van der Waals surface area (Å²) < 4.78 is 40.9. The molecule has 2 aromatic rings. The monoisotopic (exact) mass is 275 g/mol. The Kier molecular flexibility index (Phi) is 3.01. The SMILES string of the molecule is CC(C)(C)c1nc2ccc(OC(F)(F)F)cc2s1. The molecule has 0 spiro atoms. The molecule has 0 N–H and O–H groups in total. The fourth-order valence-corrected chi connectivity index (χ4v) is 2.47. The normalized spacial score (nSPS) is 13.0. The lowest BCUT2D eigenvalue weighted by molar-refractivity contribution is -0.274. The third-order valence-electron chi connectivity index (χ3n) is 2.24. The molecule has 0 unspecified atom stereocenters. The molecule has 6 heteroatoms. The maximum atomic E-state index is 12.1. The second kappa shape index (κ2) is 4.12. The molecule has 2 nitrogen and oxygen atoms in total. The van der Waals surface area contributed by atoms with Gasteiger partial charge in [-0.2, -0.15) is 0 Å². The zero-order valence-corrected chi connectivity index (χ0v) is 10.9. The van der Waals surface area contributed by atoms with E-state index in [1.165, 1.54) is 23.5 Å². The molecular formula is C12H12F3NOS. The van der Waals surface area contributed by atoms with Crippen LogP contribution in [0.1, 0.15) is 25.8 Å². The molecule has 0 saturated carbocycles. The van der Waals surface area contributed by atoms with Gasteiger partial charge < -0.3 is 4.74 Å². The number of hydrogen-bond acceptors (Lipinski definition) is 3. The van der Waals surface area contributed by atoms with E-state index in [4.69, 9.17) is 0 Å². The summed E-state index contributed by atoms with van der Waals surface area (Å²) in [6.45, 7) is 6.04. The quantitative estimate of drug-likeness (QED) is 0.765. The van der Waals surface area contributed by atoms with Crippen molar-refractivity contribution in [2.75, 3.05) is 0 Å². The van der Waals surface area contributed by atoms with Crippen LogP contribution in [-0.4, -0.2) is 11.3 Å². The van der Waals surface area contributed by atoms with Gasteiger partial charge in [-0.3, -0.25) is 0 Å². The van der Waals surface area contributed by atoms with Crippen LogP contribution >= 0.6 is 11.3 Å². The number of thiazole rings is 1. The molecule has 98 valence electrons. The van der Waals surface area contributed by atoms with Crippen LogP contribution in [-0.2, 0) is 5.41 Å². The summed E-state index contributed by atoms with van der Waals surface area (Å²) in [5.74, 6) is -0.209. The smallest absolute Gasteiger partial charge is 0.406 e. The number of fused-ring (bicyclic) bond motifs is 1. The van der Waals surface area contributed by atoms with Crippen LogP contribution < -0.4 is 4.74 Å². The number of rotatable bonds is 1. The van der Waals surface area contributed by atoms with Crippen LogP contribution in [0.15, 0.2) is 18.2 Å². The number of hydrogen-bond donors (Lipinski definition) is 0. The van der Waals surface area contributed by atoms with Crippen molar-refractivity contribution in [3.63, 3.8) is 0 Å². The van der Waals surface area contributed by atoms with Gasteiger partial charge in [0, 0.05) is 5.41 Å². The second-order valence-corrected chi connectivity index (χ2v) is 5.98. The van der Waals surface area contributed by atoms with Crippen molar-refractivity contribution in [1.82, 2.24) is 4.98 Å². The van der Waals surface area contributed by atoms with E-state index in [0.717, 1.165) is 5.01 Å². The molecular weight excluding hydrogens is 263 g/mol. The van der Waals surface area contributed by atoms with Gasteiger partial charge in [-0.15, -0.1) is 24.5 Å². The fraction of sp³-hybridized carbons (Fsp3) is 0.417. The van der Waals surface area contributed by atoms with E-state index in [2.05, 4.69) is 9.72 Å². The van der Waals surface area contributed by atoms with Crippen molar-refractivity contribution in [3.8, 4) is 5.75 Å². The maximum absolute atomic E-state index is 12.1. The third-order valence-corrected chi connectivity index (χ3v) is 3.68. The first-order valence-corrected chi connectivity index (χ1v) is 6.14. The van der Waals surface area contributed by atoms with Gasteiger partial charge >= 0.3 is 6.36 Å². The molecule has 2 rings (SSSR count). The average Bonchev–Trinajstić information content (AvgIpc) is 2.57. The maximum Gasteiger partial charge on any atom is 0.573 e. The molecule has 0 aliphatic heterocycles. The summed E-state index contributed by atoms with van der Waals surface area (Å²) in [5.41, 5.74) is 0.578. The minimum absolute atomic E-state index is 0.116. The van der Waals surface area contributed by atoms with Gasteiger partial charge in [0.2, 0.25) is 0 Å². The van der Waals surface area contributed by atoms with Gasteiger partial charge in [-0.05, 0) is 18.2 Å². The van der Waals surface area contributed by atoms with E-state index in [-0.39, 0.29) is 11.2 Å². The summed E-state index contributed by atoms with van der Waals surface area (Å²) in [6, 6.07) is 4.19. The van der Waals surface area contributed by atoms with Crippen molar-refractivity contribution in [3.05, 3.63) is 23.2 Å². The van der Waals surface area contributed by atoms with Crippen molar-refractivity contribution >= 4 is 21.6 Å². The molecule has 0 fully saturated rings. The van der Waals surface area contributed by atoms with Gasteiger partial charge in [0.1, 0.15) is 5.75 Å². The molecule has 0 bridgehead atoms. The largest absolute Gasteiger partial charge is 0.573 e. The topological polar surface area (TPSA) is 22.1 Å². The average molecular weight is 275 g/mol. The standard InChI is InChI=1S/C12H12F3NOS/c1-11(2,3)10-16-8-5-4-7(6-9(8)18-10)17-12(13,14)15/h4-6H,1-3H3. The van der Waals surface area contributed by atoms with Crippen molar-refractivity contribution in [2.45, 2.75) is 32.5 Å². The third kappa shape index (κ3) is 2.93. The molecule has 1 aromatic carbocycles. The van der Waals surface area contributed by atoms with Gasteiger partial charge in [-0.1, -0.05) is 20.8 Å². The highest BCUT2D eigenvalue weighted by molar-refractivity contribution is 7.18. The predicted octanol–water partition coefficient (Wildman–Crippen LogP) is 4.49. The minimum atomic E-state index is -4.66. The summed E-state index contributed by atoms with van der Waals surface area (Å²) >= 11 is 1.39. The number of aromatic nitrogens is 1.